The molecule has 0 radical (unpaired) electrons. The lowest BCUT2D eigenvalue weighted by Crippen LogP contribution is -2.44. The molecule has 4 aromatic rings. The summed E-state index contributed by atoms with van der Waals surface area (Å²) in [7, 11) is 0. The molecule has 5 rings (SSSR count). The second-order valence-electron chi connectivity index (χ2n) is 9.42. The number of rotatable bonds is 8. The fraction of sp³-hybridized carbons (Fsp3) is 0.433. The molecule has 5 nitrogen and oxygen atoms in total. The lowest BCUT2D eigenvalue weighted by molar-refractivity contribution is -0.122. The van der Waals surface area contributed by atoms with E-state index in [1.54, 1.807) is 0 Å². The molecule has 0 bridgehead atoms. The summed E-state index contributed by atoms with van der Waals surface area (Å²) in [5.41, 5.74) is 6.37. The second-order valence-corrected chi connectivity index (χ2v) is 9.42. The van der Waals surface area contributed by atoms with Crippen LogP contribution in [0.5, 0.6) is 0 Å². The monoisotopic (exact) mass is 472 g/mol. The summed E-state index contributed by atoms with van der Waals surface area (Å²) in [5.74, 6) is 0.166. The van der Waals surface area contributed by atoms with Crippen LogP contribution in [0.25, 0.3) is 21.8 Å². The first-order valence-electron chi connectivity index (χ1n) is 13.3. The van der Waals surface area contributed by atoms with Gasteiger partial charge in [0, 0.05) is 66.3 Å². The number of carbonyl (C=O) groups is 1. The van der Waals surface area contributed by atoms with Crippen LogP contribution in [-0.4, -0.2) is 39.9 Å². The maximum Gasteiger partial charge on any atom is 0.220 e. The van der Waals surface area contributed by atoms with Gasteiger partial charge in [-0.3, -0.25) is 9.69 Å². The summed E-state index contributed by atoms with van der Waals surface area (Å²) < 4.78 is 0. The van der Waals surface area contributed by atoms with Gasteiger partial charge in [0.2, 0.25) is 5.91 Å². The molecule has 1 amide bonds. The number of nitrogens with zero attached hydrogens (tertiary/aromatic N) is 1. The molecule has 0 aliphatic carbocycles. The number of nitrogens with one attached hydrogen (secondary N) is 3. The van der Waals surface area contributed by atoms with E-state index in [2.05, 4.69) is 63.6 Å². The van der Waals surface area contributed by atoms with Gasteiger partial charge in [0.15, 0.2) is 0 Å². The largest absolute Gasteiger partial charge is 0.361 e. The minimum absolute atomic E-state index is 0.166. The van der Waals surface area contributed by atoms with Crippen molar-refractivity contribution in [1.82, 2.24) is 20.2 Å². The predicted octanol–water partition coefficient (Wildman–Crippen LogP) is 6.34. The van der Waals surface area contributed by atoms with Crippen molar-refractivity contribution in [2.75, 3.05) is 13.1 Å². The summed E-state index contributed by atoms with van der Waals surface area (Å²) in [6.07, 6.45) is 9.85. The molecule has 1 aliphatic rings. The first kappa shape index (κ1) is 25.1. The van der Waals surface area contributed by atoms with Crippen LogP contribution in [0.2, 0.25) is 0 Å². The molecule has 1 fully saturated rings. The Labute approximate surface area is 209 Å². The molecule has 2 aromatic carbocycles. The van der Waals surface area contributed by atoms with Crippen LogP contribution in [0.4, 0.5) is 0 Å². The molecule has 35 heavy (non-hydrogen) atoms. The molecule has 3 N–H and O–H groups in total. The molecule has 0 spiro atoms. The summed E-state index contributed by atoms with van der Waals surface area (Å²) in [4.78, 5) is 21.8. The number of carbonyl (C=O) groups excluding carboxylic acids is 1. The summed E-state index contributed by atoms with van der Waals surface area (Å²) in [5, 5.41) is 5.85. The van der Waals surface area contributed by atoms with Gasteiger partial charge in [-0.25, -0.2) is 0 Å². The van der Waals surface area contributed by atoms with Gasteiger partial charge in [-0.05, 0) is 60.6 Å². The highest BCUT2D eigenvalue weighted by Gasteiger charge is 2.21. The van der Waals surface area contributed by atoms with Crippen LogP contribution in [0.3, 0.4) is 0 Å². The van der Waals surface area contributed by atoms with Crippen molar-refractivity contribution in [3.05, 3.63) is 71.5 Å². The van der Waals surface area contributed by atoms with E-state index in [-0.39, 0.29) is 11.9 Å². The fourth-order valence-corrected chi connectivity index (χ4v) is 5.16. The lowest BCUT2D eigenvalue weighted by atomic mass is 10.0. The number of hydrogen-bond donors (Lipinski definition) is 3. The van der Waals surface area contributed by atoms with Crippen LogP contribution in [0.15, 0.2) is 54.9 Å². The van der Waals surface area contributed by atoms with Crippen molar-refractivity contribution in [1.29, 1.82) is 0 Å². The first-order chi connectivity index (χ1) is 17.2. The highest BCUT2D eigenvalue weighted by molar-refractivity contribution is 5.85. The second kappa shape index (κ2) is 12.1. The van der Waals surface area contributed by atoms with Crippen molar-refractivity contribution < 1.29 is 4.79 Å². The summed E-state index contributed by atoms with van der Waals surface area (Å²) in [6, 6.07) is 15.4. The van der Waals surface area contributed by atoms with E-state index in [1.807, 2.05) is 32.2 Å². The van der Waals surface area contributed by atoms with Gasteiger partial charge < -0.3 is 15.3 Å². The van der Waals surface area contributed by atoms with Gasteiger partial charge in [0.1, 0.15) is 0 Å². The molecular formula is C30H40N4O. The number of aryl methyl sites for hydroxylation is 2. The number of H-pyrrole nitrogens is 2. The minimum atomic E-state index is 0.166. The molecular weight excluding hydrogens is 432 g/mol. The van der Waals surface area contributed by atoms with Crippen LogP contribution >= 0.6 is 0 Å². The predicted molar refractivity (Wildman–Crippen MR) is 147 cm³/mol. The molecule has 0 atom stereocenters. The maximum atomic E-state index is 12.6. The third-order valence-electron chi connectivity index (χ3n) is 7.01. The van der Waals surface area contributed by atoms with Crippen LogP contribution in [0.1, 0.15) is 63.1 Å². The molecule has 1 saturated heterocycles. The van der Waals surface area contributed by atoms with Crippen molar-refractivity contribution in [2.24, 2.45) is 0 Å². The molecule has 186 valence electrons. The van der Waals surface area contributed by atoms with E-state index >= 15 is 0 Å². The van der Waals surface area contributed by atoms with E-state index in [0.29, 0.717) is 6.42 Å². The van der Waals surface area contributed by atoms with Gasteiger partial charge in [-0.15, -0.1) is 0 Å². The number of para-hydroxylation sites is 1. The quantitative estimate of drug-likeness (QED) is 0.280. The zero-order chi connectivity index (χ0) is 24.6. The standard InChI is InChI=1S/C28H34N4O.C2H6/c1-2-5-20-8-10-27-25(16-20)22(18-30-27)19-32-14-12-23(13-15-32)31-28(33)11-9-21-17-29-26-7-4-3-6-24(21)26;1-2/h3-4,6-8,10,16-18,23,29-30H,2,5,9,11-15,19H2,1H3,(H,31,33);1-2H3. The topological polar surface area (TPSA) is 63.9 Å². The summed E-state index contributed by atoms with van der Waals surface area (Å²) >= 11 is 0. The SMILES string of the molecule is CC.CCCc1ccc2[nH]cc(CN3CCC(NC(=O)CCc4c[nH]c5ccccc45)CC3)c2c1. The van der Waals surface area contributed by atoms with E-state index in [0.717, 1.165) is 50.8 Å². The van der Waals surface area contributed by atoms with Gasteiger partial charge in [0.05, 0.1) is 0 Å². The van der Waals surface area contributed by atoms with Gasteiger partial charge in [-0.2, -0.15) is 0 Å². The number of benzene rings is 2. The maximum absolute atomic E-state index is 12.6. The van der Waals surface area contributed by atoms with E-state index in [4.69, 9.17) is 0 Å². The lowest BCUT2D eigenvalue weighted by Gasteiger charge is -2.32. The van der Waals surface area contributed by atoms with Crippen molar-refractivity contribution in [3.8, 4) is 0 Å². The fourth-order valence-electron chi connectivity index (χ4n) is 5.16. The van der Waals surface area contributed by atoms with Crippen molar-refractivity contribution in [3.63, 3.8) is 0 Å². The van der Waals surface area contributed by atoms with E-state index in [9.17, 15) is 4.79 Å². The Bertz CT molecular complexity index is 1230. The number of hydrogen-bond acceptors (Lipinski definition) is 2. The zero-order valence-electron chi connectivity index (χ0n) is 21.5. The van der Waals surface area contributed by atoms with Gasteiger partial charge in [0.25, 0.3) is 0 Å². The Morgan fingerprint density at radius 2 is 1.66 bits per heavy atom. The highest BCUT2D eigenvalue weighted by atomic mass is 16.1. The first-order valence-corrected chi connectivity index (χ1v) is 13.3. The van der Waals surface area contributed by atoms with Gasteiger partial charge >= 0.3 is 0 Å². The number of aromatic nitrogens is 2. The van der Waals surface area contributed by atoms with Gasteiger partial charge in [-0.1, -0.05) is 51.5 Å². The Morgan fingerprint density at radius 3 is 2.43 bits per heavy atom. The number of piperidine rings is 1. The Balaban J connectivity index is 0.00000141. The van der Waals surface area contributed by atoms with E-state index < -0.39 is 0 Å². The molecule has 0 saturated carbocycles. The molecule has 0 unspecified atom stereocenters. The van der Waals surface area contributed by atoms with Crippen molar-refractivity contribution >= 4 is 27.7 Å². The number of aromatic amines is 2. The highest BCUT2D eigenvalue weighted by Crippen LogP contribution is 2.24. The third-order valence-corrected chi connectivity index (χ3v) is 7.01. The average molecular weight is 473 g/mol. The smallest absolute Gasteiger partial charge is 0.220 e. The van der Waals surface area contributed by atoms with E-state index in [1.165, 1.54) is 39.4 Å². The Kier molecular flexibility index (Phi) is 8.64. The normalized spacial score (nSPS) is 14.7. The zero-order valence-corrected chi connectivity index (χ0v) is 21.5. The number of fused-ring (bicyclic) bond motifs is 2. The molecule has 2 aromatic heterocycles. The Morgan fingerprint density at radius 1 is 0.943 bits per heavy atom. The number of likely N-dealkylation sites (tertiary alicyclic amines) is 1. The van der Waals surface area contributed by atoms with Crippen molar-refractivity contribution in [2.45, 2.75) is 71.9 Å². The van der Waals surface area contributed by atoms with Crippen LogP contribution < -0.4 is 5.32 Å². The Hall–Kier alpha value is -3.05. The number of amides is 1. The summed E-state index contributed by atoms with van der Waals surface area (Å²) in [6.45, 7) is 9.24. The molecule has 3 heterocycles. The average Bonchev–Trinajstić information content (AvgIpc) is 3.49. The van der Waals surface area contributed by atoms with Crippen LogP contribution in [0, 0.1) is 0 Å². The van der Waals surface area contributed by atoms with Crippen LogP contribution in [-0.2, 0) is 24.2 Å². The molecule has 1 aliphatic heterocycles. The third kappa shape index (κ3) is 6.15. The minimum Gasteiger partial charge on any atom is -0.361 e. The molecule has 5 heteroatoms.